The third-order valence-corrected chi connectivity index (χ3v) is 4.31. The van der Waals surface area contributed by atoms with Gasteiger partial charge in [0.05, 0.1) is 0 Å². The first kappa shape index (κ1) is 12.1. The lowest BCUT2D eigenvalue weighted by atomic mass is 9.93. The Morgan fingerprint density at radius 1 is 0.783 bits per heavy atom. The summed E-state index contributed by atoms with van der Waals surface area (Å²) in [4.78, 5) is 0. The molecule has 1 heterocycles. The number of pyridine rings is 1. The zero-order chi connectivity index (χ0) is 19.1. The molecule has 2 aromatic carbocycles. The molecule has 0 aliphatic carbocycles. The predicted molar refractivity (Wildman–Crippen MR) is 97.4 cm³/mol. The number of rotatable bonds is 2. The van der Waals surface area contributed by atoms with Gasteiger partial charge < -0.3 is 0 Å². The number of hydrogen-bond donors (Lipinski definition) is 0. The molecule has 3 aromatic rings. The first-order valence-electron chi connectivity index (χ1n) is 9.35. The largest absolute Gasteiger partial charge is 0.212 e. The van der Waals surface area contributed by atoms with Crippen LogP contribution in [0.25, 0.3) is 22.4 Å². The fraction of sp³-hybridized carbons (Fsp3) is 0.227. The Hall–Kier alpha value is -2.41. The number of aromatic nitrogens is 1. The van der Waals surface area contributed by atoms with E-state index in [9.17, 15) is 0 Å². The molecule has 0 unspecified atom stereocenters. The maximum Gasteiger partial charge on any atom is 0.212 e. The minimum atomic E-state index is -2.15. The summed E-state index contributed by atoms with van der Waals surface area (Å²) in [5, 5.41) is 0. The molecule has 3 rings (SSSR count). The maximum absolute atomic E-state index is 7.98. The van der Waals surface area contributed by atoms with Crippen LogP contribution < -0.4 is 4.57 Å². The van der Waals surface area contributed by atoms with Crippen LogP contribution in [0.2, 0.25) is 0 Å². The molecule has 0 atom stereocenters. The molecular weight excluding hydrogens is 278 g/mol. The maximum atomic E-state index is 7.98. The lowest BCUT2D eigenvalue weighted by molar-refractivity contribution is -0.660. The van der Waals surface area contributed by atoms with E-state index in [1.807, 2.05) is 63.5 Å². The van der Waals surface area contributed by atoms with Gasteiger partial charge >= 0.3 is 0 Å². The summed E-state index contributed by atoms with van der Waals surface area (Å²) in [6.45, 7) is 3.92. The van der Waals surface area contributed by atoms with Gasteiger partial charge in [0.2, 0.25) is 5.69 Å². The third kappa shape index (κ3) is 3.05. The van der Waals surface area contributed by atoms with Crippen molar-refractivity contribution < 1.29 is 8.68 Å². The summed E-state index contributed by atoms with van der Waals surface area (Å²) >= 11 is 0. The van der Waals surface area contributed by atoms with E-state index >= 15 is 0 Å². The zero-order valence-electron chi connectivity index (χ0n) is 17.1. The number of aryl methyl sites for hydroxylation is 5. The number of nitrogens with zero attached hydrogens (tertiary/aromatic N) is 1. The lowest BCUT2D eigenvalue weighted by Crippen LogP contribution is -2.30. The minimum Gasteiger partial charge on any atom is -0.201 e. The standard InChI is InChI=1S/C22H24N/c1-15-6-8-19(9-7-15)20-14-21(18(4)13-17(20)3)22-12-16(2)10-11-23(22)5/h6-14H,1-5H3/q+1/i3D3. The molecule has 0 spiro atoms. The van der Waals surface area contributed by atoms with Crippen molar-refractivity contribution in [2.75, 3.05) is 0 Å². The molecule has 0 bridgehead atoms. The second-order valence-corrected chi connectivity index (χ2v) is 6.28. The van der Waals surface area contributed by atoms with Gasteiger partial charge in [0.15, 0.2) is 6.20 Å². The first-order chi connectivity index (χ1) is 12.2. The fourth-order valence-electron chi connectivity index (χ4n) is 2.90. The van der Waals surface area contributed by atoms with E-state index in [-0.39, 0.29) is 0 Å². The molecule has 0 saturated heterocycles. The minimum absolute atomic E-state index is 0.401. The molecule has 1 nitrogen and oxygen atoms in total. The zero-order valence-corrected chi connectivity index (χ0v) is 14.1. The van der Waals surface area contributed by atoms with Gasteiger partial charge in [0.1, 0.15) is 7.05 Å². The second-order valence-electron chi connectivity index (χ2n) is 6.28. The average Bonchev–Trinajstić information content (AvgIpc) is 2.57. The molecule has 0 N–H and O–H groups in total. The van der Waals surface area contributed by atoms with Gasteiger partial charge in [-0.1, -0.05) is 35.9 Å². The van der Waals surface area contributed by atoms with Crippen LogP contribution in [0.5, 0.6) is 0 Å². The van der Waals surface area contributed by atoms with E-state index < -0.39 is 6.85 Å². The molecule has 116 valence electrons. The van der Waals surface area contributed by atoms with Crippen molar-refractivity contribution in [2.45, 2.75) is 27.6 Å². The summed E-state index contributed by atoms with van der Waals surface area (Å²) in [6, 6.07) is 16.1. The molecule has 0 aliphatic rings. The SMILES string of the molecule is [2H]C([2H])([2H])c1cc(C)c(-c2cc(C)cc[n+]2C)cc1-c1ccc(C)cc1. The molecule has 0 amide bonds. The van der Waals surface area contributed by atoms with Crippen LogP contribution >= 0.6 is 0 Å². The average molecular weight is 305 g/mol. The van der Waals surface area contributed by atoms with Crippen molar-refractivity contribution in [3.8, 4) is 22.4 Å². The second kappa shape index (κ2) is 6.00. The van der Waals surface area contributed by atoms with Crippen LogP contribution in [-0.4, -0.2) is 0 Å². The molecular formula is C22H24N+. The van der Waals surface area contributed by atoms with Crippen LogP contribution in [-0.2, 0) is 7.05 Å². The Morgan fingerprint density at radius 2 is 1.52 bits per heavy atom. The van der Waals surface area contributed by atoms with Gasteiger partial charge in [0, 0.05) is 21.8 Å². The molecule has 1 aromatic heterocycles. The molecule has 23 heavy (non-hydrogen) atoms. The summed E-state index contributed by atoms with van der Waals surface area (Å²) < 4.78 is 26.0. The fourth-order valence-corrected chi connectivity index (χ4v) is 2.90. The van der Waals surface area contributed by atoms with Gasteiger partial charge in [-0.25, -0.2) is 4.57 Å². The third-order valence-electron chi connectivity index (χ3n) is 4.31. The van der Waals surface area contributed by atoms with E-state index in [4.69, 9.17) is 4.11 Å². The topological polar surface area (TPSA) is 3.88 Å². The molecule has 0 fully saturated rings. The highest BCUT2D eigenvalue weighted by atomic mass is 14.9. The van der Waals surface area contributed by atoms with Crippen molar-refractivity contribution in [3.05, 3.63) is 77.0 Å². The van der Waals surface area contributed by atoms with E-state index in [1.165, 1.54) is 5.56 Å². The monoisotopic (exact) mass is 305 g/mol. The van der Waals surface area contributed by atoms with Gasteiger partial charge in [-0.2, -0.15) is 0 Å². The highest BCUT2D eigenvalue weighted by molar-refractivity contribution is 5.75. The van der Waals surface area contributed by atoms with Crippen LogP contribution in [0.15, 0.2) is 54.7 Å². The Bertz CT molecular complexity index is 954. The number of hydrogen-bond acceptors (Lipinski definition) is 0. The van der Waals surface area contributed by atoms with Crippen molar-refractivity contribution >= 4 is 0 Å². The first-order valence-corrected chi connectivity index (χ1v) is 7.85. The van der Waals surface area contributed by atoms with Crippen molar-refractivity contribution in [2.24, 2.45) is 7.05 Å². The van der Waals surface area contributed by atoms with E-state index in [2.05, 4.69) is 23.6 Å². The summed E-state index contributed by atoms with van der Waals surface area (Å²) in [5.41, 5.74) is 7.53. The summed E-state index contributed by atoms with van der Waals surface area (Å²) in [5.74, 6) is 0. The van der Waals surface area contributed by atoms with Crippen molar-refractivity contribution in [3.63, 3.8) is 0 Å². The lowest BCUT2D eigenvalue weighted by Gasteiger charge is -2.12. The Morgan fingerprint density at radius 3 is 2.22 bits per heavy atom. The van der Waals surface area contributed by atoms with Crippen molar-refractivity contribution in [1.82, 2.24) is 0 Å². The highest BCUT2D eigenvalue weighted by Gasteiger charge is 2.15. The molecule has 0 saturated carbocycles. The Kier molecular flexibility index (Phi) is 3.15. The quantitative estimate of drug-likeness (QED) is 0.581. The molecule has 0 aliphatic heterocycles. The van der Waals surface area contributed by atoms with Crippen LogP contribution in [0.1, 0.15) is 26.4 Å². The smallest absolute Gasteiger partial charge is 0.201 e. The van der Waals surface area contributed by atoms with Gasteiger partial charge in [0.25, 0.3) is 0 Å². The Balaban J connectivity index is 2.30. The normalized spacial score (nSPS) is 13.3. The van der Waals surface area contributed by atoms with Crippen molar-refractivity contribution in [1.29, 1.82) is 0 Å². The summed E-state index contributed by atoms with van der Waals surface area (Å²) in [6.07, 6.45) is 2.04. The number of benzene rings is 2. The van der Waals surface area contributed by atoms with E-state index in [1.54, 1.807) is 0 Å². The van der Waals surface area contributed by atoms with E-state index in [0.29, 0.717) is 5.56 Å². The summed E-state index contributed by atoms with van der Waals surface area (Å²) in [7, 11) is 2.01. The molecule has 1 heteroatoms. The Labute approximate surface area is 143 Å². The molecule has 0 radical (unpaired) electrons. The van der Waals surface area contributed by atoms with Crippen LogP contribution in [0, 0.1) is 27.6 Å². The highest BCUT2D eigenvalue weighted by Crippen LogP contribution is 2.31. The van der Waals surface area contributed by atoms with Gasteiger partial charge in [-0.15, -0.1) is 0 Å². The predicted octanol–water partition coefficient (Wildman–Crippen LogP) is 5.08. The van der Waals surface area contributed by atoms with Crippen LogP contribution in [0.3, 0.4) is 0 Å². The van der Waals surface area contributed by atoms with E-state index in [0.717, 1.165) is 33.5 Å². The van der Waals surface area contributed by atoms with Crippen LogP contribution in [0.4, 0.5) is 0 Å². The van der Waals surface area contributed by atoms with Gasteiger partial charge in [-0.3, -0.25) is 0 Å². The van der Waals surface area contributed by atoms with Gasteiger partial charge in [-0.05, 0) is 61.5 Å².